The highest BCUT2D eigenvalue weighted by molar-refractivity contribution is 5.95. The summed E-state index contributed by atoms with van der Waals surface area (Å²) in [6.45, 7) is 1.67. The number of rotatable bonds is 5. The van der Waals surface area contributed by atoms with Gasteiger partial charge in [-0.15, -0.1) is 0 Å². The van der Waals surface area contributed by atoms with E-state index in [0.717, 1.165) is 33.1 Å². The van der Waals surface area contributed by atoms with Gasteiger partial charge in [-0.05, 0) is 34.5 Å². The quantitative estimate of drug-likeness (QED) is 0.388. The lowest BCUT2D eigenvalue weighted by atomic mass is 10.0. The third-order valence-corrected chi connectivity index (χ3v) is 5.29. The van der Waals surface area contributed by atoms with Crippen LogP contribution in [0.1, 0.15) is 18.9 Å². The van der Waals surface area contributed by atoms with Gasteiger partial charge in [0.2, 0.25) is 5.89 Å². The molecule has 0 spiro atoms. The predicted octanol–water partition coefficient (Wildman–Crippen LogP) is 4.57. The summed E-state index contributed by atoms with van der Waals surface area (Å²) in [7, 11) is 0. The maximum atomic E-state index is 12.0. The first kappa shape index (κ1) is 20.4. The Labute approximate surface area is 188 Å². The Hall–Kier alpha value is -4.46. The SMILES string of the molecule is CCC(=O)NOC(=O)Cc1cccc(-c2[nH]ncc2-c2nc3cc4ccccc4cc3o2)c1. The highest BCUT2D eigenvalue weighted by Crippen LogP contribution is 2.33. The summed E-state index contributed by atoms with van der Waals surface area (Å²) in [5, 5.41) is 9.36. The molecule has 0 atom stereocenters. The second kappa shape index (κ2) is 8.58. The minimum atomic E-state index is -0.551. The van der Waals surface area contributed by atoms with Crippen LogP contribution in [0.2, 0.25) is 0 Å². The van der Waals surface area contributed by atoms with Gasteiger partial charge in [-0.2, -0.15) is 10.6 Å². The summed E-state index contributed by atoms with van der Waals surface area (Å²) in [5.41, 5.74) is 6.57. The van der Waals surface area contributed by atoms with Gasteiger partial charge in [-0.3, -0.25) is 9.89 Å². The first-order valence-electron chi connectivity index (χ1n) is 10.5. The smallest absolute Gasteiger partial charge is 0.336 e. The molecule has 0 aliphatic carbocycles. The fourth-order valence-corrected chi connectivity index (χ4v) is 3.62. The number of fused-ring (bicyclic) bond motifs is 2. The average molecular weight is 440 g/mol. The van der Waals surface area contributed by atoms with E-state index in [9.17, 15) is 9.59 Å². The van der Waals surface area contributed by atoms with Crippen molar-refractivity contribution in [3.05, 3.63) is 72.4 Å². The molecule has 33 heavy (non-hydrogen) atoms. The predicted molar refractivity (Wildman–Crippen MR) is 123 cm³/mol. The zero-order valence-electron chi connectivity index (χ0n) is 17.8. The summed E-state index contributed by atoms with van der Waals surface area (Å²) < 4.78 is 6.06. The van der Waals surface area contributed by atoms with Gasteiger partial charge in [0.05, 0.1) is 23.9 Å². The van der Waals surface area contributed by atoms with Crippen LogP contribution in [-0.2, 0) is 20.8 Å². The van der Waals surface area contributed by atoms with Crippen molar-refractivity contribution >= 4 is 33.7 Å². The van der Waals surface area contributed by atoms with E-state index < -0.39 is 5.97 Å². The fraction of sp³-hybridized carbons (Fsp3) is 0.120. The summed E-state index contributed by atoms with van der Waals surface area (Å²) in [6.07, 6.45) is 1.91. The number of benzene rings is 3. The van der Waals surface area contributed by atoms with Crippen LogP contribution in [0.15, 0.2) is 71.3 Å². The Balaban J connectivity index is 1.43. The number of hydrogen-bond donors (Lipinski definition) is 2. The number of hydroxylamine groups is 1. The number of carbonyl (C=O) groups is 2. The molecule has 0 unspecified atom stereocenters. The van der Waals surface area contributed by atoms with Crippen molar-refractivity contribution < 1.29 is 18.8 Å². The van der Waals surface area contributed by atoms with Crippen LogP contribution < -0.4 is 5.48 Å². The minimum absolute atomic E-state index is 0.0107. The molecule has 5 aromatic rings. The molecule has 0 saturated carbocycles. The maximum Gasteiger partial charge on any atom is 0.336 e. The van der Waals surface area contributed by atoms with E-state index in [2.05, 4.69) is 20.7 Å². The standard InChI is InChI=1S/C25H20N4O4/c1-2-22(30)29-33-23(31)11-15-6-5-9-18(10-15)24-19(14-26-28-24)25-27-20-12-16-7-3-4-8-17(16)13-21(20)32-25/h3-10,12-14H,2,11H2,1H3,(H,26,28)(H,29,30). The van der Waals surface area contributed by atoms with Crippen LogP contribution in [0.4, 0.5) is 0 Å². The van der Waals surface area contributed by atoms with Crippen LogP contribution in [0.25, 0.3) is 44.6 Å². The van der Waals surface area contributed by atoms with Gasteiger partial charge in [0.25, 0.3) is 5.91 Å². The number of carbonyl (C=O) groups excluding carboxylic acids is 2. The molecule has 8 nitrogen and oxygen atoms in total. The van der Waals surface area contributed by atoms with Crippen molar-refractivity contribution in [3.63, 3.8) is 0 Å². The van der Waals surface area contributed by atoms with Crippen molar-refractivity contribution in [2.75, 3.05) is 0 Å². The molecule has 164 valence electrons. The Morgan fingerprint density at radius 1 is 1.06 bits per heavy atom. The Morgan fingerprint density at radius 3 is 2.70 bits per heavy atom. The number of nitrogens with one attached hydrogen (secondary N) is 2. The minimum Gasteiger partial charge on any atom is -0.436 e. The Kier molecular flexibility index (Phi) is 5.32. The van der Waals surface area contributed by atoms with Gasteiger partial charge in [-0.25, -0.2) is 9.78 Å². The number of aromatic nitrogens is 3. The fourth-order valence-electron chi connectivity index (χ4n) is 3.62. The molecule has 0 fully saturated rings. The molecular weight excluding hydrogens is 420 g/mol. The van der Waals surface area contributed by atoms with Gasteiger partial charge < -0.3 is 9.25 Å². The largest absolute Gasteiger partial charge is 0.436 e. The normalized spacial score (nSPS) is 11.1. The molecule has 2 aromatic heterocycles. The van der Waals surface area contributed by atoms with Gasteiger partial charge >= 0.3 is 5.97 Å². The van der Waals surface area contributed by atoms with Gasteiger partial charge in [0, 0.05) is 12.0 Å². The van der Waals surface area contributed by atoms with E-state index in [1.165, 1.54) is 0 Å². The van der Waals surface area contributed by atoms with E-state index >= 15 is 0 Å². The number of nitrogens with zero attached hydrogens (tertiary/aromatic N) is 2. The number of oxazole rings is 1. The zero-order chi connectivity index (χ0) is 22.8. The second-order valence-electron chi connectivity index (χ2n) is 7.57. The van der Waals surface area contributed by atoms with Gasteiger partial charge in [0.1, 0.15) is 5.52 Å². The van der Waals surface area contributed by atoms with Crippen LogP contribution in [0, 0.1) is 0 Å². The second-order valence-corrected chi connectivity index (χ2v) is 7.57. The number of hydrogen-bond acceptors (Lipinski definition) is 6. The molecule has 0 aliphatic heterocycles. The highest BCUT2D eigenvalue weighted by Gasteiger charge is 2.17. The molecule has 0 radical (unpaired) electrons. The summed E-state index contributed by atoms with van der Waals surface area (Å²) in [5.74, 6) is -0.452. The number of amides is 1. The van der Waals surface area contributed by atoms with E-state index in [4.69, 9.17) is 9.25 Å². The molecule has 3 aromatic carbocycles. The van der Waals surface area contributed by atoms with E-state index in [-0.39, 0.29) is 18.7 Å². The lowest BCUT2D eigenvalue weighted by Crippen LogP contribution is -2.27. The summed E-state index contributed by atoms with van der Waals surface area (Å²) >= 11 is 0. The Bertz CT molecular complexity index is 1430. The highest BCUT2D eigenvalue weighted by atomic mass is 16.7. The molecule has 2 N–H and O–H groups in total. The third kappa shape index (κ3) is 4.18. The van der Waals surface area contributed by atoms with Crippen molar-refractivity contribution in [3.8, 4) is 22.7 Å². The molecule has 0 saturated heterocycles. The first-order chi connectivity index (χ1) is 16.1. The molecule has 8 heteroatoms. The van der Waals surface area contributed by atoms with E-state index in [0.29, 0.717) is 17.0 Å². The van der Waals surface area contributed by atoms with Crippen molar-refractivity contribution in [1.29, 1.82) is 0 Å². The summed E-state index contributed by atoms with van der Waals surface area (Å²) in [6, 6.07) is 19.4. The summed E-state index contributed by atoms with van der Waals surface area (Å²) in [4.78, 5) is 32.8. The lowest BCUT2D eigenvalue weighted by molar-refractivity contribution is -0.157. The van der Waals surface area contributed by atoms with E-state index in [1.807, 2.05) is 60.7 Å². The van der Waals surface area contributed by atoms with Crippen LogP contribution in [0.5, 0.6) is 0 Å². The lowest BCUT2D eigenvalue weighted by Gasteiger charge is -2.06. The molecule has 0 bridgehead atoms. The van der Waals surface area contributed by atoms with Gasteiger partial charge in [0.15, 0.2) is 5.58 Å². The van der Waals surface area contributed by atoms with Crippen molar-refractivity contribution in [2.45, 2.75) is 19.8 Å². The molecule has 2 heterocycles. The monoisotopic (exact) mass is 440 g/mol. The van der Waals surface area contributed by atoms with Crippen LogP contribution in [0.3, 0.4) is 0 Å². The van der Waals surface area contributed by atoms with Gasteiger partial charge in [-0.1, -0.05) is 49.4 Å². The number of aromatic amines is 1. The van der Waals surface area contributed by atoms with Crippen molar-refractivity contribution in [1.82, 2.24) is 20.7 Å². The van der Waals surface area contributed by atoms with E-state index in [1.54, 1.807) is 13.1 Å². The Morgan fingerprint density at radius 2 is 1.88 bits per heavy atom. The third-order valence-electron chi connectivity index (χ3n) is 5.29. The molecular formula is C25H20N4O4. The maximum absolute atomic E-state index is 12.0. The average Bonchev–Trinajstić information content (AvgIpc) is 3.48. The topological polar surface area (TPSA) is 110 Å². The van der Waals surface area contributed by atoms with Crippen LogP contribution in [-0.4, -0.2) is 27.1 Å². The first-order valence-corrected chi connectivity index (χ1v) is 10.5. The van der Waals surface area contributed by atoms with Crippen molar-refractivity contribution in [2.24, 2.45) is 0 Å². The zero-order valence-corrected chi connectivity index (χ0v) is 17.8. The number of H-pyrrole nitrogens is 1. The molecule has 5 rings (SSSR count). The molecule has 1 amide bonds. The molecule has 0 aliphatic rings. The van der Waals surface area contributed by atoms with Crippen LogP contribution >= 0.6 is 0 Å².